The zero-order valence-corrected chi connectivity index (χ0v) is 7.29. The summed E-state index contributed by atoms with van der Waals surface area (Å²) in [7, 11) is 1.56. The fourth-order valence-electron chi connectivity index (χ4n) is 1.04. The van der Waals surface area contributed by atoms with Crippen molar-refractivity contribution in [3.63, 3.8) is 0 Å². The van der Waals surface area contributed by atoms with Crippen molar-refractivity contribution in [2.24, 2.45) is 0 Å². The third kappa shape index (κ3) is 1.78. The van der Waals surface area contributed by atoms with Gasteiger partial charge in [0.15, 0.2) is 0 Å². The normalized spacial score (nSPS) is 9.50. The van der Waals surface area contributed by atoms with Crippen molar-refractivity contribution in [2.45, 2.75) is 6.92 Å². The molecular formula is C10H12O2. The molecule has 0 saturated heterocycles. The van der Waals surface area contributed by atoms with Crippen LogP contribution in [0.3, 0.4) is 0 Å². The summed E-state index contributed by atoms with van der Waals surface area (Å²) in [5.74, 6) is 0.803. The molecule has 64 valence electrons. The molecule has 1 aromatic rings. The first-order valence-electron chi connectivity index (χ1n) is 3.67. The molecule has 12 heavy (non-hydrogen) atoms. The molecule has 0 spiro atoms. The highest BCUT2D eigenvalue weighted by Crippen LogP contribution is 2.20. The van der Waals surface area contributed by atoms with Gasteiger partial charge in [-0.05, 0) is 30.7 Å². The Bertz CT molecular complexity index is 282. The van der Waals surface area contributed by atoms with Crippen LogP contribution in [0, 0.1) is 6.92 Å². The maximum absolute atomic E-state index is 9.24. The standard InChI is InChI=1S/C10H12O2/c1-7-4-9(8(2)12-3)6-10(11)5-7/h4-6,11H,2H2,1,3H3. The molecule has 0 atom stereocenters. The van der Waals surface area contributed by atoms with Gasteiger partial charge in [-0.3, -0.25) is 0 Å². The SMILES string of the molecule is C=C(OC)c1cc(C)cc(O)c1. The smallest absolute Gasteiger partial charge is 0.119 e. The molecule has 0 aliphatic rings. The van der Waals surface area contributed by atoms with Crippen LogP contribution in [0.25, 0.3) is 5.76 Å². The summed E-state index contributed by atoms with van der Waals surface area (Å²) < 4.78 is 4.94. The summed E-state index contributed by atoms with van der Waals surface area (Å²) in [6, 6.07) is 5.22. The van der Waals surface area contributed by atoms with E-state index in [0.717, 1.165) is 11.1 Å². The van der Waals surface area contributed by atoms with E-state index in [1.165, 1.54) is 0 Å². The van der Waals surface area contributed by atoms with E-state index in [2.05, 4.69) is 6.58 Å². The van der Waals surface area contributed by atoms with E-state index in [-0.39, 0.29) is 5.75 Å². The van der Waals surface area contributed by atoms with E-state index in [1.54, 1.807) is 19.2 Å². The molecule has 0 aliphatic heterocycles. The molecule has 2 nitrogen and oxygen atoms in total. The number of aryl methyl sites for hydroxylation is 1. The number of hydrogen-bond donors (Lipinski definition) is 1. The molecule has 0 radical (unpaired) electrons. The van der Waals surface area contributed by atoms with Crippen LogP contribution in [-0.4, -0.2) is 12.2 Å². The van der Waals surface area contributed by atoms with E-state index in [1.807, 2.05) is 13.0 Å². The summed E-state index contributed by atoms with van der Waals surface area (Å²) in [6.07, 6.45) is 0. The van der Waals surface area contributed by atoms with Crippen molar-refractivity contribution in [3.8, 4) is 5.75 Å². The second kappa shape index (κ2) is 3.30. The number of hydrogen-bond acceptors (Lipinski definition) is 2. The predicted octanol–water partition coefficient (Wildman–Crippen LogP) is 2.32. The average Bonchev–Trinajstić information content (AvgIpc) is 2.01. The highest BCUT2D eigenvalue weighted by atomic mass is 16.5. The fourth-order valence-corrected chi connectivity index (χ4v) is 1.04. The molecule has 0 heterocycles. The van der Waals surface area contributed by atoms with Crippen molar-refractivity contribution in [3.05, 3.63) is 35.9 Å². The second-order valence-corrected chi connectivity index (χ2v) is 2.68. The molecule has 0 aromatic heterocycles. The van der Waals surface area contributed by atoms with Crippen LogP contribution in [0.4, 0.5) is 0 Å². The number of rotatable bonds is 2. The Labute approximate surface area is 72.1 Å². The van der Waals surface area contributed by atoms with Crippen molar-refractivity contribution >= 4 is 5.76 Å². The topological polar surface area (TPSA) is 29.5 Å². The molecule has 0 aliphatic carbocycles. The largest absolute Gasteiger partial charge is 0.508 e. The van der Waals surface area contributed by atoms with Crippen molar-refractivity contribution < 1.29 is 9.84 Å². The highest BCUT2D eigenvalue weighted by Gasteiger charge is 2.00. The van der Waals surface area contributed by atoms with Gasteiger partial charge < -0.3 is 9.84 Å². The van der Waals surface area contributed by atoms with Crippen LogP contribution in [-0.2, 0) is 4.74 Å². The van der Waals surface area contributed by atoms with Crippen molar-refractivity contribution in [2.75, 3.05) is 7.11 Å². The van der Waals surface area contributed by atoms with Crippen molar-refractivity contribution in [1.82, 2.24) is 0 Å². The fraction of sp³-hybridized carbons (Fsp3) is 0.200. The number of ether oxygens (including phenoxy) is 1. The van der Waals surface area contributed by atoms with E-state index in [0.29, 0.717) is 5.76 Å². The van der Waals surface area contributed by atoms with Gasteiger partial charge in [-0.15, -0.1) is 0 Å². The van der Waals surface area contributed by atoms with Crippen LogP contribution >= 0.6 is 0 Å². The minimum atomic E-state index is 0.239. The summed E-state index contributed by atoms with van der Waals surface area (Å²) >= 11 is 0. The Morgan fingerprint density at radius 2 is 2.08 bits per heavy atom. The maximum Gasteiger partial charge on any atom is 0.119 e. The van der Waals surface area contributed by atoms with Gasteiger partial charge in [0.2, 0.25) is 0 Å². The maximum atomic E-state index is 9.24. The summed E-state index contributed by atoms with van der Waals surface area (Å²) in [5.41, 5.74) is 1.80. The zero-order chi connectivity index (χ0) is 9.14. The molecule has 0 unspecified atom stereocenters. The summed E-state index contributed by atoms with van der Waals surface area (Å²) in [6.45, 7) is 5.60. The first-order chi connectivity index (χ1) is 5.63. The van der Waals surface area contributed by atoms with Gasteiger partial charge in [-0.1, -0.05) is 6.58 Å². The Morgan fingerprint density at radius 1 is 1.42 bits per heavy atom. The van der Waals surface area contributed by atoms with Gasteiger partial charge in [0.05, 0.1) is 7.11 Å². The Kier molecular flexibility index (Phi) is 2.38. The number of phenols is 1. The molecule has 2 heteroatoms. The number of phenolic OH excluding ortho intramolecular Hbond substituents is 1. The van der Waals surface area contributed by atoms with Gasteiger partial charge in [-0.25, -0.2) is 0 Å². The molecule has 1 rings (SSSR count). The zero-order valence-electron chi connectivity index (χ0n) is 7.29. The lowest BCUT2D eigenvalue weighted by molar-refractivity contribution is 0.371. The Hall–Kier alpha value is -1.44. The molecule has 0 bridgehead atoms. The lowest BCUT2D eigenvalue weighted by Crippen LogP contribution is -1.86. The lowest BCUT2D eigenvalue weighted by Gasteiger charge is -2.05. The third-order valence-electron chi connectivity index (χ3n) is 1.63. The lowest BCUT2D eigenvalue weighted by atomic mass is 10.1. The molecular weight excluding hydrogens is 152 g/mol. The van der Waals surface area contributed by atoms with Crippen LogP contribution in [0.5, 0.6) is 5.75 Å². The van der Waals surface area contributed by atoms with E-state index in [9.17, 15) is 5.11 Å². The monoisotopic (exact) mass is 164 g/mol. The van der Waals surface area contributed by atoms with Crippen LogP contribution in [0.15, 0.2) is 24.8 Å². The number of methoxy groups -OCH3 is 1. The Morgan fingerprint density at radius 3 is 2.58 bits per heavy atom. The second-order valence-electron chi connectivity index (χ2n) is 2.68. The summed E-state index contributed by atoms with van der Waals surface area (Å²) in [5, 5.41) is 9.24. The first-order valence-corrected chi connectivity index (χ1v) is 3.67. The summed E-state index contributed by atoms with van der Waals surface area (Å²) in [4.78, 5) is 0. The van der Waals surface area contributed by atoms with Gasteiger partial charge in [-0.2, -0.15) is 0 Å². The number of benzene rings is 1. The van der Waals surface area contributed by atoms with E-state index >= 15 is 0 Å². The van der Waals surface area contributed by atoms with Crippen LogP contribution in [0.2, 0.25) is 0 Å². The quantitative estimate of drug-likeness (QED) is 0.680. The predicted molar refractivity (Wildman–Crippen MR) is 48.9 cm³/mol. The van der Waals surface area contributed by atoms with Crippen LogP contribution in [0.1, 0.15) is 11.1 Å². The number of aromatic hydroxyl groups is 1. The van der Waals surface area contributed by atoms with Crippen LogP contribution < -0.4 is 0 Å². The Balaban J connectivity index is 3.08. The molecule has 1 aromatic carbocycles. The minimum absolute atomic E-state index is 0.239. The highest BCUT2D eigenvalue weighted by molar-refractivity contribution is 5.59. The minimum Gasteiger partial charge on any atom is -0.508 e. The van der Waals surface area contributed by atoms with Gasteiger partial charge in [0.25, 0.3) is 0 Å². The molecule has 1 N–H and O–H groups in total. The average molecular weight is 164 g/mol. The van der Waals surface area contributed by atoms with E-state index in [4.69, 9.17) is 4.74 Å². The van der Waals surface area contributed by atoms with Gasteiger partial charge in [0.1, 0.15) is 11.5 Å². The van der Waals surface area contributed by atoms with E-state index < -0.39 is 0 Å². The first kappa shape index (κ1) is 8.65. The molecule has 0 amide bonds. The van der Waals surface area contributed by atoms with Gasteiger partial charge in [0, 0.05) is 5.56 Å². The third-order valence-corrected chi connectivity index (χ3v) is 1.63. The molecule has 0 saturated carbocycles. The molecule has 0 fully saturated rings. The van der Waals surface area contributed by atoms with Gasteiger partial charge >= 0.3 is 0 Å². The van der Waals surface area contributed by atoms with Crippen molar-refractivity contribution in [1.29, 1.82) is 0 Å².